The lowest BCUT2D eigenvalue weighted by molar-refractivity contribution is -0.151. The van der Waals surface area contributed by atoms with Crippen LogP contribution in [0, 0.1) is 17.3 Å². The number of ether oxygens (including phenoxy) is 2. The van der Waals surface area contributed by atoms with Gasteiger partial charge in [-0.2, -0.15) is 0 Å². The van der Waals surface area contributed by atoms with Crippen molar-refractivity contribution in [3.8, 4) is 0 Å². The standard InChI is InChI=1S/C18H28BrNO3/c19-18-10-14-7-15(11-18)9-17(8-14,13-18)12-16(21)23-6-3-20-1-4-22-5-2-20/h14-15H,1-13H2. The smallest absolute Gasteiger partial charge is 0.306 e. The third kappa shape index (κ3) is 3.62. The van der Waals surface area contributed by atoms with Crippen LogP contribution in [0.3, 0.4) is 0 Å². The lowest BCUT2D eigenvalue weighted by Gasteiger charge is -2.60. The Balaban J connectivity index is 1.27. The monoisotopic (exact) mass is 385 g/mol. The van der Waals surface area contributed by atoms with Crippen molar-refractivity contribution >= 4 is 21.9 Å². The summed E-state index contributed by atoms with van der Waals surface area (Å²) in [6, 6.07) is 0. The van der Waals surface area contributed by atoms with E-state index in [0.29, 0.717) is 17.4 Å². The van der Waals surface area contributed by atoms with Gasteiger partial charge in [0.1, 0.15) is 6.61 Å². The number of carbonyl (C=O) groups excluding carboxylic acids is 1. The van der Waals surface area contributed by atoms with Crippen LogP contribution in [-0.4, -0.2) is 54.6 Å². The Morgan fingerprint density at radius 3 is 2.52 bits per heavy atom. The molecule has 1 heterocycles. The highest BCUT2D eigenvalue weighted by Crippen LogP contribution is 2.65. The Morgan fingerprint density at radius 1 is 1.17 bits per heavy atom. The third-order valence-electron chi connectivity index (χ3n) is 6.40. The molecule has 130 valence electrons. The fraction of sp³-hybridized carbons (Fsp3) is 0.944. The molecule has 0 aromatic rings. The summed E-state index contributed by atoms with van der Waals surface area (Å²) in [5.41, 5.74) is 0.226. The van der Waals surface area contributed by atoms with Crippen LogP contribution >= 0.6 is 15.9 Å². The largest absolute Gasteiger partial charge is 0.464 e. The Hall–Kier alpha value is -0.130. The van der Waals surface area contributed by atoms with Gasteiger partial charge in [-0.3, -0.25) is 9.69 Å². The van der Waals surface area contributed by atoms with E-state index in [1.54, 1.807) is 0 Å². The van der Waals surface area contributed by atoms with Crippen LogP contribution in [0.25, 0.3) is 0 Å². The first-order chi connectivity index (χ1) is 11.0. The number of halogens is 1. The van der Waals surface area contributed by atoms with Crippen molar-refractivity contribution in [2.24, 2.45) is 17.3 Å². The molecule has 5 aliphatic rings. The Bertz CT molecular complexity index is 449. The summed E-state index contributed by atoms with van der Waals surface area (Å²) in [5.74, 6) is 1.69. The van der Waals surface area contributed by atoms with Crippen LogP contribution in [0.5, 0.6) is 0 Å². The zero-order valence-electron chi connectivity index (χ0n) is 13.9. The Kier molecular flexibility index (Phi) is 4.48. The molecule has 2 unspecified atom stereocenters. The highest BCUT2D eigenvalue weighted by atomic mass is 79.9. The topological polar surface area (TPSA) is 38.8 Å². The number of morpholine rings is 1. The number of carbonyl (C=O) groups is 1. The minimum absolute atomic E-state index is 0.0244. The zero-order chi connectivity index (χ0) is 15.9. The molecule has 0 aromatic carbocycles. The minimum Gasteiger partial charge on any atom is -0.464 e. The van der Waals surface area contributed by atoms with Crippen LogP contribution in [0.2, 0.25) is 0 Å². The molecule has 23 heavy (non-hydrogen) atoms. The van der Waals surface area contributed by atoms with Crippen molar-refractivity contribution in [2.75, 3.05) is 39.5 Å². The predicted molar refractivity (Wildman–Crippen MR) is 91.6 cm³/mol. The van der Waals surface area contributed by atoms with E-state index in [1.807, 2.05) is 0 Å². The van der Waals surface area contributed by atoms with Gasteiger partial charge in [-0.1, -0.05) is 15.9 Å². The van der Waals surface area contributed by atoms with E-state index in [-0.39, 0.29) is 11.4 Å². The average molecular weight is 386 g/mol. The van der Waals surface area contributed by atoms with E-state index in [2.05, 4.69) is 20.8 Å². The maximum absolute atomic E-state index is 12.4. The molecule has 4 saturated carbocycles. The summed E-state index contributed by atoms with van der Waals surface area (Å²) in [6.45, 7) is 4.88. The number of hydrogen-bond acceptors (Lipinski definition) is 4. The molecule has 0 N–H and O–H groups in total. The minimum atomic E-state index is 0.0244. The molecule has 0 spiro atoms. The quantitative estimate of drug-likeness (QED) is 0.538. The van der Waals surface area contributed by atoms with Gasteiger partial charge in [0.25, 0.3) is 0 Å². The number of esters is 1. The van der Waals surface area contributed by atoms with Gasteiger partial charge >= 0.3 is 5.97 Å². The summed E-state index contributed by atoms with van der Waals surface area (Å²) in [7, 11) is 0. The maximum Gasteiger partial charge on any atom is 0.306 e. The van der Waals surface area contributed by atoms with E-state index in [9.17, 15) is 4.79 Å². The third-order valence-corrected chi connectivity index (χ3v) is 7.33. The molecule has 1 aliphatic heterocycles. The SMILES string of the molecule is O=C(CC12CC3CC(CC(Br)(C3)C1)C2)OCCN1CCOCC1. The van der Waals surface area contributed by atoms with Crippen LogP contribution in [-0.2, 0) is 14.3 Å². The number of alkyl halides is 1. The number of rotatable bonds is 5. The second kappa shape index (κ2) is 6.30. The average Bonchev–Trinajstić information content (AvgIpc) is 2.45. The van der Waals surface area contributed by atoms with Gasteiger partial charge in [0, 0.05) is 24.0 Å². The summed E-state index contributed by atoms with van der Waals surface area (Å²) in [6.07, 6.45) is 8.32. The van der Waals surface area contributed by atoms with Crippen molar-refractivity contribution in [2.45, 2.75) is 49.3 Å². The molecule has 5 heteroatoms. The molecule has 4 nitrogen and oxygen atoms in total. The van der Waals surface area contributed by atoms with Crippen LogP contribution in [0.1, 0.15) is 44.9 Å². The highest BCUT2D eigenvalue weighted by molar-refractivity contribution is 9.10. The predicted octanol–water partition coefficient (Wildman–Crippen LogP) is 2.99. The van der Waals surface area contributed by atoms with Crippen molar-refractivity contribution in [3.63, 3.8) is 0 Å². The first-order valence-corrected chi connectivity index (χ1v) is 9.98. The van der Waals surface area contributed by atoms with E-state index in [0.717, 1.165) is 44.7 Å². The molecule has 5 fully saturated rings. The van der Waals surface area contributed by atoms with Gasteiger partial charge in [0.2, 0.25) is 0 Å². The lowest BCUT2D eigenvalue weighted by atomic mass is 9.49. The van der Waals surface area contributed by atoms with Crippen molar-refractivity contribution in [1.29, 1.82) is 0 Å². The molecular formula is C18H28BrNO3. The Morgan fingerprint density at radius 2 is 1.87 bits per heavy atom. The fourth-order valence-electron chi connectivity index (χ4n) is 6.01. The summed E-state index contributed by atoms with van der Waals surface area (Å²) in [5, 5.41) is 0. The molecule has 1 saturated heterocycles. The van der Waals surface area contributed by atoms with E-state index < -0.39 is 0 Å². The first kappa shape index (κ1) is 16.3. The van der Waals surface area contributed by atoms with Crippen molar-refractivity contribution in [3.05, 3.63) is 0 Å². The van der Waals surface area contributed by atoms with Gasteiger partial charge in [-0.25, -0.2) is 0 Å². The molecule has 0 radical (unpaired) electrons. The summed E-state index contributed by atoms with van der Waals surface area (Å²) in [4.78, 5) is 14.7. The molecule has 2 atom stereocenters. The van der Waals surface area contributed by atoms with Gasteiger partial charge in [-0.05, 0) is 55.8 Å². The van der Waals surface area contributed by atoms with Gasteiger partial charge in [-0.15, -0.1) is 0 Å². The van der Waals surface area contributed by atoms with Gasteiger partial charge < -0.3 is 9.47 Å². The van der Waals surface area contributed by atoms with E-state index in [1.165, 1.54) is 38.5 Å². The molecule has 0 amide bonds. The van der Waals surface area contributed by atoms with Crippen LogP contribution < -0.4 is 0 Å². The van der Waals surface area contributed by atoms with E-state index in [4.69, 9.17) is 9.47 Å². The first-order valence-electron chi connectivity index (χ1n) is 9.19. The molecule has 5 rings (SSSR count). The molecule has 0 aromatic heterocycles. The van der Waals surface area contributed by atoms with Crippen LogP contribution in [0.4, 0.5) is 0 Å². The highest BCUT2D eigenvalue weighted by Gasteiger charge is 2.57. The normalized spacial score (nSPS) is 42.8. The van der Waals surface area contributed by atoms with Crippen LogP contribution in [0.15, 0.2) is 0 Å². The maximum atomic E-state index is 12.4. The number of hydrogen-bond donors (Lipinski definition) is 0. The summed E-state index contributed by atoms with van der Waals surface area (Å²) < 4.78 is 11.2. The van der Waals surface area contributed by atoms with Gasteiger partial charge in [0.05, 0.1) is 19.6 Å². The fourth-order valence-corrected chi connectivity index (χ4v) is 7.52. The van der Waals surface area contributed by atoms with Crippen molar-refractivity contribution in [1.82, 2.24) is 4.90 Å². The van der Waals surface area contributed by atoms with Gasteiger partial charge in [0.15, 0.2) is 0 Å². The lowest BCUT2D eigenvalue weighted by Crippen LogP contribution is -2.53. The van der Waals surface area contributed by atoms with Crippen molar-refractivity contribution < 1.29 is 14.3 Å². The second-order valence-electron chi connectivity index (χ2n) is 8.46. The van der Waals surface area contributed by atoms with E-state index >= 15 is 0 Å². The zero-order valence-corrected chi connectivity index (χ0v) is 15.5. The second-order valence-corrected chi connectivity index (χ2v) is 10.1. The molecule has 4 bridgehead atoms. The summed E-state index contributed by atoms with van der Waals surface area (Å²) >= 11 is 4.02. The number of nitrogens with zero attached hydrogens (tertiary/aromatic N) is 1. The Labute approximate surface area is 147 Å². The molecular weight excluding hydrogens is 358 g/mol. The molecule has 4 aliphatic carbocycles.